The molecule has 0 aliphatic carbocycles. The van der Waals surface area contributed by atoms with E-state index in [-0.39, 0.29) is 43.0 Å². The van der Waals surface area contributed by atoms with Crippen molar-refractivity contribution in [2.24, 2.45) is 16.8 Å². The Kier molecular flexibility index (Phi) is 9.43. The first kappa shape index (κ1) is 26.2. The average molecular weight is 574 g/mol. The second kappa shape index (κ2) is 11.2. The number of rotatable bonds is 5. The highest BCUT2D eigenvalue weighted by molar-refractivity contribution is 14.0. The van der Waals surface area contributed by atoms with E-state index in [9.17, 15) is 21.6 Å². The maximum absolute atomic E-state index is 12.7. The van der Waals surface area contributed by atoms with Crippen LogP contribution >= 0.6 is 24.0 Å². The smallest absolute Gasteiger partial charge is 0.356 e. The van der Waals surface area contributed by atoms with Crippen LogP contribution in [0.2, 0.25) is 0 Å². The molecule has 0 radical (unpaired) electrons. The second-order valence-electron chi connectivity index (χ2n) is 8.01. The van der Waals surface area contributed by atoms with Gasteiger partial charge in [0.25, 0.3) is 0 Å². The summed E-state index contributed by atoms with van der Waals surface area (Å²) < 4.78 is 61.7. The Bertz CT molecular complexity index is 829. The van der Waals surface area contributed by atoms with Crippen molar-refractivity contribution in [1.29, 1.82) is 0 Å². The molecular formula is C20H30F3IN4O2S. The van der Waals surface area contributed by atoms with E-state index in [1.165, 1.54) is 5.56 Å². The predicted octanol–water partition coefficient (Wildman–Crippen LogP) is 3.31. The number of piperidine rings is 1. The summed E-state index contributed by atoms with van der Waals surface area (Å²) in [4.78, 5) is 6.58. The van der Waals surface area contributed by atoms with Gasteiger partial charge in [0.2, 0.25) is 0 Å². The van der Waals surface area contributed by atoms with Crippen LogP contribution in [-0.2, 0) is 16.4 Å². The summed E-state index contributed by atoms with van der Waals surface area (Å²) in [5.74, 6) is 1.47. The van der Waals surface area contributed by atoms with Crippen LogP contribution in [0.15, 0.2) is 35.3 Å². The lowest BCUT2D eigenvalue weighted by atomic mass is 9.98. The normalized spacial score (nSPS) is 21.7. The molecule has 2 aliphatic heterocycles. The van der Waals surface area contributed by atoms with E-state index < -0.39 is 15.5 Å². The number of hydrogen-bond acceptors (Lipinski definition) is 3. The molecule has 2 fully saturated rings. The van der Waals surface area contributed by atoms with E-state index in [0.717, 1.165) is 31.9 Å². The Morgan fingerprint density at radius 1 is 1.10 bits per heavy atom. The van der Waals surface area contributed by atoms with Gasteiger partial charge in [-0.05, 0) is 43.1 Å². The zero-order valence-electron chi connectivity index (χ0n) is 17.5. The molecule has 1 aromatic carbocycles. The van der Waals surface area contributed by atoms with Crippen LogP contribution < -0.4 is 5.32 Å². The third kappa shape index (κ3) is 6.70. The standard InChI is InChI=1S/C20H29F3N4O2S.HI/c1-24-19(26-10-7-18(15-26)13-16-5-3-2-4-6-16)25-14-17-8-11-27(12-9-17)30(28,29)20(21,22)23;/h2-6,17-18H,7-15H2,1H3,(H,24,25);1H. The molecule has 31 heavy (non-hydrogen) atoms. The van der Waals surface area contributed by atoms with E-state index >= 15 is 0 Å². The van der Waals surface area contributed by atoms with Gasteiger partial charge in [-0.25, -0.2) is 8.42 Å². The van der Waals surface area contributed by atoms with Crippen LogP contribution in [0.4, 0.5) is 13.2 Å². The fourth-order valence-corrected chi connectivity index (χ4v) is 5.19. The first-order valence-corrected chi connectivity index (χ1v) is 11.7. The number of guanidine groups is 1. The van der Waals surface area contributed by atoms with Gasteiger partial charge in [-0.2, -0.15) is 17.5 Å². The number of benzene rings is 1. The number of sulfonamides is 1. The van der Waals surface area contributed by atoms with Gasteiger partial charge in [-0.1, -0.05) is 30.3 Å². The molecule has 6 nitrogen and oxygen atoms in total. The predicted molar refractivity (Wildman–Crippen MR) is 126 cm³/mol. The van der Waals surface area contributed by atoms with Crippen molar-refractivity contribution < 1.29 is 21.6 Å². The molecule has 0 saturated carbocycles. The second-order valence-corrected chi connectivity index (χ2v) is 9.94. The summed E-state index contributed by atoms with van der Waals surface area (Å²) in [6.45, 7) is 2.20. The molecule has 176 valence electrons. The Labute approximate surface area is 199 Å². The summed E-state index contributed by atoms with van der Waals surface area (Å²) in [7, 11) is -3.50. The molecule has 0 aromatic heterocycles. The molecule has 2 aliphatic rings. The number of nitrogens with zero attached hydrogens (tertiary/aromatic N) is 3. The molecule has 0 amide bonds. The number of nitrogens with one attached hydrogen (secondary N) is 1. The summed E-state index contributed by atoms with van der Waals surface area (Å²) in [6, 6.07) is 10.4. The van der Waals surface area contributed by atoms with Crippen molar-refractivity contribution in [2.45, 2.75) is 31.2 Å². The van der Waals surface area contributed by atoms with E-state index in [1.54, 1.807) is 7.05 Å². The Morgan fingerprint density at radius 2 is 1.71 bits per heavy atom. The van der Waals surface area contributed by atoms with Crippen molar-refractivity contribution in [1.82, 2.24) is 14.5 Å². The van der Waals surface area contributed by atoms with Crippen LogP contribution in [-0.4, -0.2) is 68.9 Å². The largest absolute Gasteiger partial charge is 0.511 e. The van der Waals surface area contributed by atoms with E-state index in [1.807, 2.05) is 18.2 Å². The van der Waals surface area contributed by atoms with Gasteiger partial charge in [0.05, 0.1) is 0 Å². The zero-order chi connectivity index (χ0) is 21.8. The molecule has 2 heterocycles. The molecule has 1 atom stereocenters. The minimum atomic E-state index is -5.23. The van der Waals surface area contributed by atoms with Gasteiger partial charge in [-0.3, -0.25) is 4.99 Å². The van der Waals surface area contributed by atoms with Crippen LogP contribution in [0.5, 0.6) is 0 Å². The van der Waals surface area contributed by atoms with Crippen LogP contribution in [0.1, 0.15) is 24.8 Å². The monoisotopic (exact) mass is 574 g/mol. The molecular weight excluding hydrogens is 544 g/mol. The molecule has 11 heteroatoms. The highest BCUT2D eigenvalue weighted by Crippen LogP contribution is 2.30. The highest BCUT2D eigenvalue weighted by atomic mass is 127. The third-order valence-corrected chi connectivity index (χ3v) is 7.55. The lowest BCUT2D eigenvalue weighted by Gasteiger charge is -2.32. The minimum Gasteiger partial charge on any atom is -0.356 e. The lowest BCUT2D eigenvalue weighted by Crippen LogP contribution is -2.47. The topological polar surface area (TPSA) is 65.0 Å². The van der Waals surface area contributed by atoms with E-state index in [2.05, 4.69) is 27.3 Å². The van der Waals surface area contributed by atoms with Crippen LogP contribution in [0.3, 0.4) is 0 Å². The van der Waals surface area contributed by atoms with E-state index in [4.69, 9.17) is 0 Å². The first-order chi connectivity index (χ1) is 14.2. The van der Waals surface area contributed by atoms with Gasteiger partial charge < -0.3 is 10.2 Å². The molecule has 1 aromatic rings. The quantitative estimate of drug-likeness (QED) is 0.333. The summed E-state index contributed by atoms with van der Waals surface area (Å²) in [5, 5.41) is 3.34. The van der Waals surface area contributed by atoms with Crippen molar-refractivity contribution in [2.75, 3.05) is 39.8 Å². The fourth-order valence-electron chi connectivity index (χ4n) is 4.21. The van der Waals surface area contributed by atoms with Crippen molar-refractivity contribution >= 4 is 40.0 Å². The average Bonchev–Trinajstić information content (AvgIpc) is 3.17. The Morgan fingerprint density at radius 3 is 2.29 bits per heavy atom. The van der Waals surface area contributed by atoms with Gasteiger partial charge in [0.1, 0.15) is 0 Å². The van der Waals surface area contributed by atoms with E-state index in [0.29, 0.717) is 29.6 Å². The molecule has 1 unspecified atom stereocenters. The number of hydrogen-bond donors (Lipinski definition) is 1. The minimum absolute atomic E-state index is 0. The third-order valence-electron chi connectivity index (χ3n) is 5.92. The molecule has 1 N–H and O–H groups in total. The van der Waals surface area contributed by atoms with Gasteiger partial charge >= 0.3 is 15.5 Å². The molecule has 0 spiro atoms. The number of likely N-dealkylation sites (tertiary alicyclic amines) is 1. The molecule has 0 bridgehead atoms. The molecule has 2 saturated heterocycles. The zero-order valence-corrected chi connectivity index (χ0v) is 20.7. The van der Waals surface area contributed by atoms with Gasteiger partial charge in [0, 0.05) is 39.8 Å². The SMILES string of the molecule is CN=C(NCC1CCN(S(=O)(=O)C(F)(F)F)CC1)N1CCC(Cc2ccccc2)C1.I. The maximum Gasteiger partial charge on any atom is 0.511 e. The van der Waals surface area contributed by atoms with Gasteiger partial charge in [0.15, 0.2) is 5.96 Å². The number of halogens is 4. The summed E-state index contributed by atoms with van der Waals surface area (Å²) >= 11 is 0. The first-order valence-electron chi connectivity index (χ1n) is 10.3. The maximum atomic E-state index is 12.7. The highest BCUT2D eigenvalue weighted by Gasteiger charge is 2.50. The molecule has 3 rings (SSSR count). The van der Waals surface area contributed by atoms with Crippen LogP contribution in [0.25, 0.3) is 0 Å². The fraction of sp³-hybridized carbons (Fsp3) is 0.650. The Hall–Kier alpha value is -1.08. The summed E-state index contributed by atoms with van der Waals surface area (Å²) in [6.07, 6.45) is 2.91. The number of aliphatic imine (C=N–C) groups is 1. The summed E-state index contributed by atoms with van der Waals surface area (Å²) in [5.41, 5.74) is -3.90. The van der Waals surface area contributed by atoms with Gasteiger partial charge in [-0.15, -0.1) is 24.0 Å². The van der Waals surface area contributed by atoms with Crippen molar-refractivity contribution in [3.05, 3.63) is 35.9 Å². The van der Waals surface area contributed by atoms with Crippen molar-refractivity contribution in [3.63, 3.8) is 0 Å². The lowest BCUT2D eigenvalue weighted by molar-refractivity contribution is -0.0496. The van der Waals surface area contributed by atoms with Crippen LogP contribution in [0, 0.1) is 11.8 Å². The Balaban J connectivity index is 0.00000341. The van der Waals surface area contributed by atoms with Crippen molar-refractivity contribution in [3.8, 4) is 0 Å². The number of alkyl halides is 3.